The van der Waals surface area contributed by atoms with Gasteiger partial charge in [-0.1, -0.05) is 36.4 Å². The second-order valence-electron chi connectivity index (χ2n) is 4.48. The van der Waals surface area contributed by atoms with Crippen molar-refractivity contribution in [1.29, 1.82) is 5.26 Å². The molecule has 0 radical (unpaired) electrons. The summed E-state index contributed by atoms with van der Waals surface area (Å²) in [4.78, 5) is 1.98. The van der Waals surface area contributed by atoms with E-state index in [0.29, 0.717) is 24.3 Å². The average Bonchev–Trinajstić information content (AvgIpc) is 2.48. The fraction of sp³-hybridized carbons (Fsp3) is 0.188. The number of nitrogens with two attached hydrogens (primary N) is 1. The van der Waals surface area contributed by atoms with Crippen LogP contribution >= 0.6 is 0 Å². The summed E-state index contributed by atoms with van der Waals surface area (Å²) in [5, 5.41) is 18.3. The first kappa shape index (κ1) is 13.9. The molecule has 0 amide bonds. The Bertz CT molecular complexity index is 605. The number of hydrogen-bond acceptors (Lipinski definition) is 4. The number of nitriles is 1. The van der Waals surface area contributed by atoms with Crippen LogP contribution in [0.25, 0.3) is 0 Å². The molecule has 4 nitrogen and oxygen atoms in total. The van der Waals surface area contributed by atoms with Gasteiger partial charge in [0.15, 0.2) is 0 Å². The van der Waals surface area contributed by atoms with Crippen molar-refractivity contribution in [2.24, 2.45) is 0 Å². The predicted molar refractivity (Wildman–Crippen MR) is 80.1 cm³/mol. The van der Waals surface area contributed by atoms with Gasteiger partial charge in [0.05, 0.1) is 23.5 Å². The maximum Gasteiger partial charge on any atom is 0.101 e. The molecular weight excluding hydrogens is 250 g/mol. The zero-order valence-electron chi connectivity index (χ0n) is 11.2. The first-order valence-electron chi connectivity index (χ1n) is 6.44. The van der Waals surface area contributed by atoms with E-state index in [4.69, 9.17) is 11.0 Å². The standard InChI is InChI=1S/C16H17N3O/c17-11-14-7-4-8-15(16(14)18)19(9-10-20)12-13-5-2-1-3-6-13/h1-8,20H,9-10,12,18H2. The van der Waals surface area contributed by atoms with Crippen LogP contribution in [0.3, 0.4) is 0 Å². The van der Waals surface area contributed by atoms with Crippen LogP contribution in [-0.2, 0) is 6.54 Å². The molecule has 2 aromatic carbocycles. The fourth-order valence-electron chi connectivity index (χ4n) is 2.14. The Balaban J connectivity index is 2.32. The average molecular weight is 267 g/mol. The monoisotopic (exact) mass is 267 g/mol. The molecule has 0 atom stereocenters. The van der Waals surface area contributed by atoms with Gasteiger partial charge in [0, 0.05) is 13.1 Å². The van der Waals surface area contributed by atoms with Crippen LogP contribution in [-0.4, -0.2) is 18.3 Å². The second-order valence-corrected chi connectivity index (χ2v) is 4.48. The number of rotatable bonds is 5. The van der Waals surface area contributed by atoms with E-state index in [2.05, 4.69) is 6.07 Å². The summed E-state index contributed by atoms with van der Waals surface area (Å²) in [7, 11) is 0. The number of aliphatic hydroxyl groups excluding tert-OH is 1. The molecule has 102 valence electrons. The summed E-state index contributed by atoms with van der Waals surface area (Å²) in [5.41, 5.74) is 8.85. The highest BCUT2D eigenvalue weighted by molar-refractivity contribution is 5.74. The Morgan fingerprint density at radius 1 is 1.10 bits per heavy atom. The Hall–Kier alpha value is -2.51. The summed E-state index contributed by atoms with van der Waals surface area (Å²) in [6.45, 7) is 1.14. The Kier molecular flexibility index (Phi) is 4.59. The van der Waals surface area contributed by atoms with Crippen molar-refractivity contribution in [2.45, 2.75) is 6.54 Å². The molecule has 0 aromatic heterocycles. The number of nitrogens with zero attached hydrogens (tertiary/aromatic N) is 2. The number of hydrogen-bond donors (Lipinski definition) is 2. The minimum Gasteiger partial charge on any atom is -0.396 e. The molecule has 3 N–H and O–H groups in total. The molecule has 20 heavy (non-hydrogen) atoms. The third kappa shape index (κ3) is 3.08. The van der Waals surface area contributed by atoms with Crippen LogP contribution in [0.15, 0.2) is 48.5 Å². The van der Waals surface area contributed by atoms with E-state index in [-0.39, 0.29) is 6.61 Å². The maximum absolute atomic E-state index is 9.25. The van der Waals surface area contributed by atoms with Gasteiger partial charge in [0.25, 0.3) is 0 Å². The van der Waals surface area contributed by atoms with E-state index in [0.717, 1.165) is 11.3 Å². The van der Waals surface area contributed by atoms with Crippen molar-refractivity contribution in [3.05, 3.63) is 59.7 Å². The summed E-state index contributed by atoms with van der Waals surface area (Å²) >= 11 is 0. The van der Waals surface area contributed by atoms with Gasteiger partial charge in [-0.3, -0.25) is 0 Å². The zero-order valence-corrected chi connectivity index (χ0v) is 11.2. The molecule has 0 unspecified atom stereocenters. The van der Waals surface area contributed by atoms with Crippen LogP contribution in [0.2, 0.25) is 0 Å². The van der Waals surface area contributed by atoms with Gasteiger partial charge in [-0.05, 0) is 17.7 Å². The van der Waals surface area contributed by atoms with Gasteiger partial charge < -0.3 is 15.7 Å². The first-order valence-corrected chi connectivity index (χ1v) is 6.44. The fourth-order valence-corrected chi connectivity index (χ4v) is 2.14. The molecule has 0 saturated heterocycles. The molecule has 2 rings (SSSR count). The van der Waals surface area contributed by atoms with E-state index in [1.807, 2.05) is 41.3 Å². The highest BCUT2D eigenvalue weighted by atomic mass is 16.3. The van der Waals surface area contributed by atoms with E-state index in [9.17, 15) is 5.11 Å². The highest BCUT2D eigenvalue weighted by Crippen LogP contribution is 2.27. The SMILES string of the molecule is N#Cc1cccc(N(CCO)Cc2ccccc2)c1N. The van der Waals surface area contributed by atoms with Crippen molar-refractivity contribution in [2.75, 3.05) is 23.8 Å². The molecule has 4 heteroatoms. The van der Waals surface area contributed by atoms with Gasteiger partial charge >= 0.3 is 0 Å². The lowest BCUT2D eigenvalue weighted by molar-refractivity contribution is 0.301. The van der Waals surface area contributed by atoms with Crippen LogP contribution in [0, 0.1) is 11.3 Å². The van der Waals surface area contributed by atoms with Gasteiger partial charge in [-0.2, -0.15) is 5.26 Å². The predicted octanol–water partition coefficient (Wildman–Crippen LogP) is 2.14. The highest BCUT2D eigenvalue weighted by Gasteiger charge is 2.12. The third-order valence-corrected chi connectivity index (χ3v) is 3.13. The minimum absolute atomic E-state index is 0.0308. The molecule has 0 saturated carbocycles. The number of para-hydroxylation sites is 1. The first-order chi connectivity index (χ1) is 9.76. The number of aliphatic hydroxyl groups is 1. The van der Waals surface area contributed by atoms with Crippen molar-refractivity contribution in [3.8, 4) is 6.07 Å². The Morgan fingerprint density at radius 3 is 2.50 bits per heavy atom. The molecule has 0 spiro atoms. The lowest BCUT2D eigenvalue weighted by Gasteiger charge is -2.25. The quantitative estimate of drug-likeness (QED) is 0.814. The van der Waals surface area contributed by atoms with Crippen molar-refractivity contribution >= 4 is 11.4 Å². The van der Waals surface area contributed by atoms with Crippen LogP contribution < -0.4 is 10.6 Å². The molecule has 0 bridgehead atoms. The summed E-state index contributed by atoms with van der Waals surface area (Å²) < 4.78 is 0. The van der Waals surface area contributed by atoms with Crippen LogP contribution in [0.5, 0.6) is 0 Å². The topological polar surface area (TPSA) is 73.3 Å². The van der Waals surface area contributed by atoms with Gasteiger partial charge in [-0.15, -0.1) is 0 Å². The van der Waals surface area contributed by atoms with Gasteiger partial charge in [0.2, 0.25) is 0 Å². The minimum atomic E-state index is 0.0308. The lowest BCUT2D eigenvalue weighted by atomic mass is 10.1. The lowest BCUT2D eigenvalue weighted by Crippen LogP contribution is -2.27. The van der Waals surface area contributed by atoms with Crippen molar-refractivity contribution in [1.82, 2.24) is 0 Å². The van der Waals surface area contributed by atoms with E-state index in [1.54, 1.807) is 12.1 Å². The number of anilines is 2. The van der Waals surface area contributed by atoms with Gasteiger partial charge in [0.1, 0.15) is 6.07 Å². The second kappa shape index (κ2) is 6.60. The number of nitrogen functional groups attached to an aromatic ring is 1. The third-order valence-electron chi connectivity index (χ3n) is 3.13. The van der Waals surface area contributed by atoms with E-state index in [1.165, 1.54) is 0 Å². The largest absolute Gasteiger partial charge is 0.396 e. The van der Waals surface area contributed by atoms with E-state index >= 15 is 0 Å². The summed E-state index contributed by atoms with van der Waals surface area (Å²) in [6, 6.07) is 17.4. The molecular formula is C16H17N3O. The molecule has 0 heterocycles. The maximum atomic E-state index is 9.25. The molecule has 0 fully saturated rings. The summed E-state index contributed by atoms with van der Waals surface area (Å²) in [5.74, 6) is 0. The molecule has 0 aliphatic rings. The normalized spacial score (nSPS) is 10.0. The molecule has 0 aliphatic heterocycles. The molecule has 2 aromatic rings. The van der Waals surface area contributed by atoms with E-state index < -0.39 is 0 Å². The molecule has 0 aliphatic carbocycles. The Labute approximate surface area is 118 Å². The smallest absolute Gasteiger partial charge is 0.101 e. The zero-order chi connectivity index (χ0) is 14.4. The van der Waals surface area contributed by atoms with Gasteiger partial charge in [-0.25, -0.2) is 0 Å². The van der Waals surface area contributed by atoms with Crippen molar-refractivity contribution < 1.29 is 5.11 Å². The van der Waals surface area contributed by atoms with Crippen molar-refractivity contribution in [3.63, 3.8) is 0 Å². The Morgan fingerprint density at radius 2 is 1.85 bits per heavy atom. The van der Waals surface area contributed by atoms with Crippen LogP contribution in [0.4, 0.5) is 11.4 Å². The summed E-state index contributed by atoms with van der Waals surface area (Å²) in [6.07, 6.45) is 0. The number of benzene rings is 2. The van der Waals surface area contributed by atoms with Crippen LogP contribution in [0.1, 0.15) is 11.1 Å².